The minimum atomic E-state index is 0.678. The molecule has 0 aliphatic rings. The minimum absolute atomic E-state index is 0.678. The van der Waals surface area contributed by atoms with E-state index in [2.05, 4.69) is 33.5 Å². The molecule has 0 amide bonds. The topological polar surface area (TPSA) is 63.3 Å². The molecule has 0 aliphatic heterocycles. The van der Waals surface area contributed by atoms with E-state index in [-0.39, 0.29) is 0 Å². The predicted octanol–water partition coefficient (Wildman–Crippen LogP) is 2.47. The van der Waals surface area contributed by atoms with Gasteiger partial charge in [0, 0.05) is 38.1 Å². The maximum atomic E-state index is 4.72. The monoisotopic (exact) mass is 365 g/mol. The van der Waals surface area contributed by atoms with Gasteiger partial charge in [0.25, 0.3) is 0 Å². The minimum Gasteiger partial charge on any atom is -0.357 e. The number of nitrogens with one attached hydrogen (secondary N) is 1. The maximum absolute atomic E-state index is 4.72. The van der Waals surface area contributed by atoms with Crippen LogP contribution in [-0.4, -0.2) is 50.6 Å². The summed E-state index contributed by atoms with van der Waals surface area (Å²) in [6.45, 7) is 7.13. The zero-order chi connectivity index (χ0) is 19.1. The molecule has 2 aromatic heterocycles. The molecule has 0 saturated heterocycles. The molecular formula is C20H27N7. The summed E-state index contributed by atoms with van der Waals surface area (Å²) in [6.07, 6.45) is 7.86. The number of aryl methyl sites for hydroxylation is 1. The molecule has 0 radical (unpaired) electrons. The summed E-state index contributed by atoms with van der Waals surface area (Å²) in [4.78, 5) is 6.84. The third-order valence-electron chi connectivity index (χ3n) is 4.13. The highest BCUT2D eigenvalue weighted by Gasteiger charge is 2.08. The molecule has 1 N–H and O–H groups in total. The number of aromatic nitrogens is 4. The van der Waals surface area contributed by atoms with Crippen molar-refractivity contribution in [3.63, 3.8) is 0 Å². The first-order valence-corrected chi connectivity index (χ1v) is 9.23. The van der Waals surface area contributed by atoms with Crippen LogP contribution in [0.15, 0.2) is 60.1 Å². The van der Waals surface area contributed by atoms with Crippen LogP contribution in [-0.2, 0) is 13.1 Å². The normalized spacial score (nSPS) is 11.6. The van der Waals surface area contributed by atoms with Gasteiger partial charge in [-0.1, -0.05) is 18.2 Å². The standard InChI is InChI=1S/C20H27N7/c1-4-21-20(22-10-11-26-14-17(2)12-23-26)25(3)15-18-13-24-27(16-18)19-8-6-5-7-9-19/h5-9,12-14,16H,4,10-11,15H2,1-3H3,(H,21,22). The second-order valence-electron chi connectivity index (χ2n) is 6.50. The summed E-state index contributed by atoms with van der Waals surface area (Å²) < 4.78 is 3.82. The van der Waals surface area contributed by atoms with Crippen molar-refractivity contribution in [1.29, 1.82) is 0 Å². The smallest absolute Gasteiger partial charge is 0.194 e. The molecule has 0 fully saturated rings. The van der Waals surface area contributed by atoms with Gasteiger partial charge in [0.05, 0.1) is 31.2 Å². The van der Waals surface area contributed by atoms with Crippen molar-refractivity contribution in [3.8, 4) is 5.69 Å². The first kappa shape index (κ1) is 18.7. The van der Waals surface area contributed by atoms with Gasteiger partial charge in [-0.25, -0.2) is 4.68 Å². The number of benzene rings is 1. The molecule has 3 rings (SSSR count). The first-order chi connectivity index (χ1) is 13.2. The second-order valence-corrected chi connectivity index (χ2v) is 6.50. The van der Waals surface area contributed by atoms with Crippen molar-refractivity contribution in [1.82, 2.24) is 29.8 Å². The fourth-order valence-electron chi connectivity index (χ4n) is 2.83. The average Bonchev–Trinajstić information content (AvgIpc) is 3.31. The Hall–Kier alpha value is -3.09. The van der Waals surface area contributed by atoms with E-state index in [0.717, 1.165) is 36.8 Å². The van der Waals surface area contributed by atoms with Crippen molar-refractivity contribution in [2.45, 2.75) is 26.9 Å². The Balaban J connectivity index is 1.61. The Kier molecular flexibility index (Phi) is 6.25. The molecule has 2 heterocycles. The van der Waals surface area contributed by atoms with Crippen molar-refractivity contribution in [2.75, 3.05) is 20.1 Å². The first-order valence-electron chi connectivity index (χ1n) is 9.23. The van der Waals surface area contributed by atoms with Gasteiger partial charge in [-0.2, -0.15) is 10.2 Å². The van der Waals surface area contributed by atoms with Crippen LogP contribution in [0.2, 0.25) is 0 Å². The van der Waals surface area contributed by atoms with Crippen molar-refractivity contribution in [3.05, 3.63) is 66.2 Å². The number of rotatable bonds is 7. The van der Waals surface area contributed by atoms with E-state index in [1.807, 2.05) is 72.3 Å². The Labute approximate surface area is 160 Å². The number of hydrogen-bond donors (Lipinski definition) is 1. The largest absolute Gasteiger partial charge is 0.357 e. The van der Waals surface area contributed by atoms with Crippen LogP contribution in [0.5, 0.6) is 0 Å². The van der Waals surface area contributed by atoms with Crippen LogP contribution in [0.4, 0.5) is 0 Å². The molecule has 7 heteroatoms. The molecule has 0 saturated carbocycles. The Bertz CT molecular complexity index is 863. The number of nitrogens with zero attached hydrogens (tertiary/aromatic N) is 6. The van der Waals surface area contributed by atoms with Crippen LogP contribution >= 0.6 is 0 Å². The highest BCUT2D eigenvalue weighted by molar-refractivity contribution is 5.79. The lowest BCUT2D eigenvalue weighted by atomic mass is 10.3. The molecule has 0 atom stereocenters. The maximum Gasteiger partial charge on any atom is 0.194 e. The fourth-order valence-corrected chi connectivity index (χ4v) is 2.83. The van der Waals surface area contributed by atoms with Gasteiger partial charge in [0.2, 0.25) is 0 Å². The van der Waals surface area contributed by atoms with Crippen molar-refractivity contribution in [2.24, 2.45) is 4.99 Å². The molecular weight excluding hydrogens is 338 g/mol. The van der Waals surface area contributed by atoms with E-state index >= 15 is 0 Å². The van der Waals surface area contributed by atoms with Gasteiger partial charge in [-0.3, -0.25) is 9.67 Å². The molecule has 1 aromatic carbocycles. The third-order valence-corrected chi connectivity index (χ3v) is 4.13. The quantitative estimate of drug-likeness (QED) is 0.516. The summed E-state index contributed by atoms with van der Waals surface area (Å²) in [5.41, 5.74) is 3.36. The lowest BCUT2D eigenvalue weighted by molar-refractivity contribution is 0.474. The van der Waals surface area contributed by atoms with E-state index in [4.69, 9.17) is 4.99 Å². The molecule has 0 spiro atoms. The molecule has 142 valence electrons. The Morgan fingerprint density at radius 2 is 1.96 bits per heavy atom. The number of hydrogen-bond acceptors (Lipinski definition) is 3. The molecule has 3 aromatic rings. The van der Waals surface area contributed by atoms with E-state index in [0.29, 0.717) is 6.54 Å². The van der Waals surface area contributed by atoms with Crippen LogP contribution in [0.1, 0.15) is 18.1 Å². The molecule has 0 bridgehead atoms. The van der Waals surface area contributed by atoms with Crippen molar-refractivity contribution < 1.29 is 0 Å². The summed E-state index contributed by atoms with van der Waals surface area (Å²) in [7, 11) is 2.04. The van der Waals surface area contributed by atoms with E-state index in [1.54, 1.807) is 0 Å². The van der Waals surface area contributed by atoms with Crippen LogP contribution in [0.3, 0.4) is 0 Å². The second kappa shape index (κ2) is 9.02. The Morgan fingerprint density at radius 3 is 2.67 bits per heavy atom. The zero-order valence-electron chi connectivity index (χ0n) is 16.2. The number of aliphatic imine (C=N–C) groups is 1. The molecule has 0 aliphatic carbocycles. The van der Waals surface area contributed by atoms with E-state index in [9.17, 15) is 0 Å². The summed E-state index contributed by atoms with van der Waals surface area (Å²) in [6, 6.07) is 10.1. The van der Waals surface area contributed by atoms with Crippen LogP contribution < -0.4 is 5.32 Å². The van der Waals surface area contributed by atoms with Gasteiger partial charge in [-0.05, 0) is 31.5 Å². The number of para-hydroxylation sites is 1. The molecule has 0 unspecified atom stereocenters. The van der Waals surface area contributed by atoms with E-state index < -0.39 is 0 Å². The van der Waals surface area contributed by atoms with Gasteiger partial charge in [0.15, 0.2) is 5.96 Å². The van der Waals surface area contributed by atoms with Crippen molar-refractivity contribution >= 4 is 5.96 Å². The predicted molar refractivity (Wildman–Crippen MR) is 108 cm³/mol. The molecule has 27 heavy (non-hydrogen) atoms. The fraction of sp³-hybridized carbons (Fsp3) is 0.350. The highest BCUT2D eigenvalue weighted by Crippen LogP contribution is 2.09. The van der Waals surface area contributed by atoms with Gasteiger partial charge < -0.3 is 10.2 Å². The number of guanidine groups is 1. The van der Waals surface area contributed by atoms with Gasteiger partial charge in [0.1, 0.15) is 0 Å². The lowest BCUT2D eigenvalue weighted by Gasteiger charge is -2.21. The van der Waals surface area contributed by atoms with Crippen LogP contribution in [0.25, 0.3) is 5.69 Å². The summed E-state index contributed by atoms with van der Waals surface area (Å²) >= 11 is 0. The van der Waals surface area contributed by atoms with Crippen LogP contribution in [0, 0.1) is 6.92 Å². The van der Waals surface area contributed by atoms with Gasteiger partial charge in [-0.15, -0.1) is 0 Å². The van der Waals surface area contributed by atoms with E-state index in [1.165, 1.54) is 5.56 Å². The lowest BCUT2D eigenvalue weighted by Crippen LogP contribution is -2.38. The SMILES string of the molecule is CCNC(=NCCn1cc(C)cn1)N(C)Cc1cnn(-c2ccccc2)c1. The zero-order valence-corrected chi connectivity index (χ0v) is 16.2. The van der Waals surface area contributed by atoms with Gasteiger partial charge >= 0.3 is 0 Å². The summed E-state index contributed by atoms with van der Waals surface area (Å²) in [5.74, 6) is 0.883. The Morgan fingerprint density at radius 1 is 1.15 bits per heavy atom. The molecule has 7 nitrogen and oxygen atoms in total. The summed E-state index contributed by atoms with van der Waals surface area (Å²) in [5, 5.41) is 12.1. The third kappa shape index (κ3) is 5.20. The average molecular weight is 365 g/mol. The highest BCUT2D eigenvalue weighted by atomic mass is 15.3.